The molecule has 0 amide bonds. The van der Waals surface area contributed by atoms with Crippen molar-refractivity contribution in [2.45, 2.75) is 25.7 Å². The Morgan fingerprint density at radius 2 is 2.07 bits per heavy atom. The van der Waals surface area contributed by atoms with Gasteiger partial charge in [-0.25, -0.2) is 0 Å². The van der Waals surface area contributed by atoms with Gasteiger partial charge in [0, 0.05) is 0 Å². The van der Waals surface area contributed by atoms with Crippen LogP contribution in [0.3, 0.4) is 0 Å². The second kappa shape index (κ2) is 5.58. The number of aliphatic hydroxyl groups is 1. The van der Waals surface area contributed by atoms with Gasteiger partial charge in [0.15, 0.2) is 0 Å². The lowest BCUT2D eigenvalue weighted by molar-refractivity contribution is -0.0151. The molecular weight excluding hydrogens is 176 g/mol. The van der Waals surface area contributed by atoms with E-state index >= 15 is 0 Å². The van der Waals surface area contributed by atoms with Crippen LogP contribution in [0, 0.1) is 0 Å². The van der Waals surface area contributed by atoms with Gasteiger partial charge in [0.2, 0.25) is 0 Å². The van der Waals surface area contributed by atoms with Crippen molar-refractivity contribution >= 4 is 0 Å². The maximum absolute atomic E-state index is 9.36. The highest BCUT2D eigenvalue weighted by Crippen LogP contribution is 2.06. The van der Waals surface area contributed by atoms with Crippen LogP contribution in [0.5, 0.6) is 0 Å². The molecule has 1 N–H and O–H groups in total. The number of hydrogen-bond acceptors (Lipinski definition) is 2. The summed E-state index contributed by atoms with van der Waals surface area (Å²) in [5, 5.41) is 9.36. The first kappa shape index (κ1) is 11.0. The van der Waals surface area contributed by atoms with Crippen LogP contribution in [0.15, 0.2) is 43.0 Å². The summed E-state index contributed by atoms with van der Waals surface area (Å²) in [5.74, 6) is 0. The minimum Gasteiger partial charge on any atom is -0.386 e. The van der Waals surface area contributed by atoms with E-state index in [2.05, 4.69) is 6.58 Å². The van der Waals surface area contributed by atoms with Crippen LogP contribution in [-0.2, 0) is 11.3 Å². The maximum Gasteiger partial charge on any atom is 0.0977 e. The van der Waals surface area contributed by atoms with Gasteiger partial charge in [-0.3, -0.25) is 0 Å². The Bertz CT molecular complexity index is 269. The number of benzene rings is 1. The lowest BCUT2D eigenvalue weighted by Gasteiger charge is -2.16. The summed E-state index contributed by atoms with van der Waals surface area (Å²) in [6, 6.07) is 9.88. The Morgan fingerprint density at radius 1 is 1.43 bits per heavy atom. The maximum atomic E-state index is 9.36. The van der Waals surface area contributed by atoms with Crippen LogP contribution in [0.2, 0.25) is 0 Å². The van der Waals surface area contributed by atoms with Gasteiger partial charge in [0.25, 0.3) is 0 Å². The van der Waals surface area contributed by atoms with Gasteiger partial charge in [-0.15, -0.1) is 6.58 Å². The molecule has 1 rings (SSSR count). The summed E-state index contributed by atoms with van der Waals surface area (Å²) >= 11 is 0. The third-order valence-electron chi connectivity index (χ3n) is 2.08. The molecule has 0 bridgehead atoms. The van der Waals surface area contributed by atoms with Crippen molar-refractivity contribution in [1.29, 1.82) is 0 Å². The van der Waals surface area contributed by atoms with Gasteiger partial charge >= 0.3 is 0 Å². The number of aliphatic hydroxyl groups excluding tert-OH is 1. The molecule has 0 aromatic heterocycles. The van der Waals surface area contributed by atoms with Crippen LogP contribution >= 0.6 is 0 Å². The van der Waals surface area contributed by atoms with E-state index in [-0.39, 0.29) is 6.10 Å². The molecule has 0 spiro atoms. The third-order valence-corrected chi connectivity index (χ3v) is 2.08. The first-order valence-corrected chi connectivity index (χ1v) is 4.70. The Kier molecular flexibility index (Phi) is 4.36. The quantitative estimate of drug-likeness (QED) is 0.724. The smallest absolute Gasteiger partial charge is 0.0977 e. The Morgan fingerprint density at radius 3 is 2.64 bits per heavy atom. The van der Waals surface area contributed by atoms with E-state index in [1.165, 1.54) is 6.08 Å². The first-order valence-electron chi connectivity index (χ1n) is 4.70. The zero-order chi connectivity index (χ0) is 10.4. The van der Waals surface area contributed by atoms with Crippen LogP contribution in [0.4, 0.5) is 0 Å². The average molecular weight is 192 g/mol. The molecule has 76 valence electrons. The van der Waals surface area contributed by atoms with Gasteiger partial charge < -0.3 is 9.84 Å². The molecular formula is C12H16O2. The fourth-order valence-corrected chi connectivity index (χ4v) is 1.09. The van der Waals surface area contributed by atoms with E-state index in [9.17, 15) is 5.11 Å². The largest absolute Gasteiger partial charge is 0.386 e. The molecule has 0 aliphatic carbocycles. The molecule has 2 nitrogen and oxygen atoms in total. The van der Waals surface area contributed by atoms with Crippen molar-refractivity contribution in [3.63, 3.8) is 0 Å². The highest BCUT2D eigenvalue weighted by atomic mass is 16.5. The van der Waals surface area contributed by atoms with E-state index in [1.807, 2.05) is 37.3 Å². The van der Waals surface area contributed by atoms with Crippen molar-refractivity contribution in [3.8, 4) is 0 Å². The fourth-order valence-electron chi connectivity index (χ4n) is 1.09. The number of ether oxygens (including phenoxy) is 1. The van der Waals surface area contributed by atoms with Crippen molar-refractivity contribution in [3.05, 3.63) is 48.6 Å². The van der Waals surface area contributed by atoms with Crippen LogP contribution in [0.25, 0.3) is 0 Å². The van der Waals surface area contributed by atoms with E-state index in [1.54, 1.807) is 0 Å². The summed E-state index contributed by atoms with van der Waals surface area (Å²) in [6.45, 7) is 5.86. The molecule has 0 radical (unpaired) electrons. The fraction of sp³-hybridized carbons (Fsp3) is 0.333. The van der Waals surface area contributed by atoms with Gasteiger partial charge in [-0.05, 0) is 12.5 Å². The second-order valence-corrected chi connectivity index (χ2v) is 3.23. The normalized spacial score (nSPS) is 14.7. The van der Waals surface area contributed by atoms with Crippen LogP contribution in [-0.4, -0.2) is 17.3 Å². The van der Waals surface area contributed by atoms with Crippen LogP contribution in [0.1, 0.15) is 12.5 Å². The average Bonchev–Trinajstić information content (AvgIpc) is 2.26. The number of hydrogen-bond donors (Lipinski definition) is 1. The highest BCUT2D eigenvalue weighted by Gasteiger charge is 2.10. The van der Waals surface area contributed by atoms with Gasteiger partial charge in [0.1, 0.15) is 0 Å². The molecule has 0 unspecified atom stereocenters. The topological polar surface area (TPSA) is 29.5 Å². The van der Waals surface area contributed by atoms with Crippen molar-refractivity contribution in [2.75, 3.05) is 0 Å². The highest BCUT2D eigenvalue weighted by molar-refractivity contribution is 5.13. The summed E-state index contributed by atoms with van der Waals surface area (Å²) < 4.78 is 5.46. The molecule has 0 saturated heterocycles. The third kappa shape index (κ3) is 3.32. The molecule has 1 aromatic rings. The standard InChI is InChI=1S/C12H16O2/c1-3-12(13)10(2)14-9-11-7-5-4-6-8-11/h3-8,10,12-13H,1,9H2,2H3/t10-,12-/m1/s1. The lowest BCUT2D eigenvalue weighted by Crippen LogP contribution is -2.23. The van der Waals surface area contributed by atoms with Crippen molar-refractivity contribution in [2.24, 2.45) is 0 Å². The van der Waals surface area contributed by atoms with Gasteiger partial charge in [-0.2, -0.15) is 0 Å². The van der Waals surface area contributed by atoms with E-state index < -0.39 is 6.10 Å². The van der Waals surface area contributed by atoms with Crippen molar-refractivity contribution < 1.29 is 9.84 Å². The Labute approximate surface area is 84.8 Å². The SMILES string of the molecule is C=C[C@@H](O)[C@@H](C)OCc1ccccc1. The molecule has 1 aromatic carbocycles. The summed E-state index contributed by atoms with van der Waals surface area (Å²) in [5.41, 5.74) is 1.11. The van der Waals surface area contributed by atoms with Gasteiger partial charge in [-0.1, -0.05) is 36.4 Å². The summed E-state index contributed by atoms with van der Waals surface area (Å²) in [4.78, 5) is 0. The molecule has 14 heavy (non-hydrogen) atoms. The summed E-state index contributed by atoms with van der Waals surface area (Å²) in [7, 11) is 0. The predicted octanol–water partition coefficient (Wildman–Crippen LogP) is 2.14. The minimum atomic E-state index is -0.598. The molecule has 0 fully saturated rings. The van der Waals surface area contributed by atoms with E-state index in [0.717, 1.165) is 5.56 Å². The van der Waals surface area contributed by atoms with Gasteiger partial charge in [0.05, 0.1) is 18.8 Å². The molecule has 0 aliphatic heterocycles. The zero-order valence-electron chi connectivity index (χ0n) is 8.39. The molecule has 2 atom stereocenters. The second-order valence-electron chi connectivity index (χ2n) is 3.23. The Hall–Kier alpha value is -1.12. The minimum absolute atomic E-state index is 0.215. The molecule has 0 aliphatic rings. The first-order chi connectivity index (χ1) is 6.74. The molecule has 0 heterocycles. The molecule has 0 saturated carbocycles. The zero-order valence-corrected chi connectivity index (χ0v) is 8.39. The number of rotatable bonds is 5. The van der Waals surface area contributed by atoms with E-state index in [0.29, 0.717) is 6.61 Å². The van der Waals surface area contributed by atoms with Crippen molar-refractivity contribution in [1.82, 2.24) is 0 Å². The Balaban J connectivity index is 2.37. The van der Waals surface area contributed by atoms with Crippen LogP contribution < -0.4 is 0 Å². The van der Waals surface area contributed by atoms with E-state index in [4.69, 9.17) is 4.74 Å². The molecule has 2 heteroatoms. The monoisotopic (exact) mass is 192 g/mol. The predicted molar refractivity (Wildman–Crippen MR) is 56.9 cm³/mol. The lowest BCUT2D eigenvalue weighted by atomic mass is 10.2. The summed E-state index contributed by atoms with van der Waals surface area (Å²) in [6.07, 6.45) is 0.668.